The van der Waals surface area contributed by atoms with Crippen molar-refractivity contribution in [1.82, 2.24) is 9.38 Å². The van der Waals surface area contributed by atoms with Crippen molar-refractivity contribution in [3.05, 3.63) is 62.5 Å². The number of ether oxygens (including phenoxy) is 1. The van der Waals surface area contributed by atoms with Gasteiger partial charge >= 0.3 is 5.97 Å². The number of pyridine rings is 1. The van der Waals surface area contributed by atoms with Gasteiger partial charge in [-0.25, -0.2) is 9.78 Å². The number of carbonyl (C=O) groups is 2. The number of hydrogen-bond donors (Lipinski definition) is 1. The molecule has 0 aliphatic carbocycles. The summed E-state index contributed by atoms with van der Waals surface area (Å²) in [5.41, 5.74) is 1.72. The Labute approximate surface area is 172 Å². The summed E-state index contributed by atoms with van der Waals surface area (Å²) in [5, 5.41) is 3.41. The smallest absolute Gasteiger partial charge is 0.349 e. The van der Waals surface area contributed by atoms with E-state index in [1.54, 1.807) is 25.3 Å². The molecule has 3 aromatic rings. The van der Waals surface area contributed by atoms with Gasteiger partial charge in [0.2, 0.25) is 5.91 Å². The molecule has 0 fully saturated rings. The van der Waals surface area contributed by atoms with Crippen molar-refractivity contribution < 1.29 is 14.3 Å². The second-order valence-corrected chi connectivity index (χ2v) is 8.93. The van der Waals surface area contributed by atoms with Gasteiger partial charge in [-0.05, 0) is 37.1 Å². The molecule has 0 saturated heterocycles. The molecular formula is C21H23N3O4S. The van der Waals surface area contributed by atoms with Crippen LogP contribution in [0.1, 0.15) is 47.3 Å². The zero-order chi connectivity index (χ0) is 21.3. The molecule has 0 aliphatic rings. The van der Waals surface area contributed by atoms with E-state index >= 15 is 0 Å². The van der Waals surface area contributed by atoms with E-state index in [-0.39, 0.29) is 18.1 Å². The van der Waals surface area contributed by atoms with Crippen molar-refractivity contribution in [1.29, 1.82) is 0 Å². The molecule has 0 aliphatic heterocycles. The van der Waals surface area contributed by atoms with E-state index in [0.717, 1.165) is 16.9 Å². The zero-order valence-corrected chi connectivity index (χ0v) is 17.8. The first kappa shape index (κ1) is 20.7. The average molecular weight is 413 g/mol. The van der Waals surface area contributed by atoms with Crippen molar-refractivity contribution in [3.8, 4) is 0 Å². The van der Waals surface area contributed by atoms with E-state index < -0.39 is 11.4 Å². The van der Waals surface area contributed by atoms with Gasteiger partial charge in [0.15, 0.2) is 0 Å². The second-order valence-electron chi connectivity index (χ2n) is 7.87. The number of carbonyl (C=O) groups excluding carboxylic acids is 2. The number of thiophene rings is 1. The van der Waals surface area contributed by atoms with Crippen molar-refractivity contribution in [2.45, 2.75) is 41.2 Å². The number of rotatable bonds is 4. The highest BCUT2D eigenvalue weighted by Gasteiger charge is 2.23. The fourth-order valence-electron chi connectivity index (χ4n) is 2.63. The van der Waals surface area contributed by atoms with Crippen LogP contribution in [0.4, 0.5) is 5.00 Å². The first-order valence-electron chi connectivity index (χ1n) is 9.13. The number of anilines is 1. The van der Waals surface area contributed by atoms with Crippen LogP contribution in [0.2, 0.25) is 0 Å². The fraction of sp³-hybridized carbons (Fsp3) is 0.333. The van der Waals surface area contributed by atoms with Gasteiger partial charge in [0.05, 0.1) is 10.7 Å². The average Bonchev–Trinajstić information content (AvgIpc) is 3.00. The van der Waals surface area contributed by atoms with Crippen LogP contribution < -0.4 is 10.9 Å². The van der Waals surface area contributed by atoms with Gasteiger partial charge in [0.1, 0.15) is 17.1 Å². The summed E-state index contributed by atoms with van der Waals surface area (Å²) in [5.74, 6) is -0.648. The monoisotopic (exact) mass is 413 g/mol. The molecule has 0 radical (unpaired) electrons. The van der Waals surface area contributed by atoms with Crippen LogP contribution in [0, 0.1) is 19.3 Å². The molecule has 0 spiro atoms. The third-order valence-electron chi connectivity index (χ3n) is 4.31. The second kappa shape index (κ2) is 7.79. The molecule has 1 amide bonds. The normalized spacial score (nSPS) is 11.5. The maximum atomic E-state index is 12.5. The molecule has 1 N–H and O–H groups in total. The Hall–Kier alpha value is -3.00. The number of nitrogens with one attached hydrogen (secondary N) is 1. The fourth-order valence-corrected chi connectivity index (χ4v) is 3.60. The van der Waals surface area contributed by atoms with E-state index in [0.29, 0.717) is 26.8 Å². The minimum Gasteiger partial charge on any atom is -0.455 e. The molecule has 0 aromatic carbocycles. The Morgan fingerprint density at radius 2 is 1.93 bits per heavy atom. The number of aromatic nitrogens is 2. The lowest BCUT2D eigenvalue weighted by Gasteiger charge is -2.16. The summed E-state index contributed by atoms with van der Waals surface area (Å²) in [7, 11) is 0. The quantitative estimate of drug-likeness (QED) is 0.659. The predicted octanol–water partition coefficient (Wildman–Crippen LogP) is 3.71. The molecule has 0 atom stereocenters. The standard InChI is InChI=1S/C21H23N3O4S/c1-12-7-6-8-24-16(25)10-14(22-18(12)24)11-28-19(26)17-13(2)9-15(29-17)23-20(27)21(3,4)5/h6-10H,11H2,1-5H3,(H,23,27). The Kier molecular flexibility index (Phi) is 5.57. The van der Waals surface area contributed by atoms with Crippen LogP contribution in [0.5, 0.6) is 0 Å². The Morgan fingerprint density at radius 3 is 2.62 bits per heavy atom. The van der Waals surface area contributed by atoms with Gasteiger partial charge in [-0.15, -0.1) is 11.3 Å². The van der Waals surface area contributed by atoms with Crippen LogP contribution in [-0.2, 0) is 16.1 Å². The lowest BCUT2D eigenvalue weighted by molar-refractivity contribution is -0.123. The van der Waals surface area contributed by atoms with Gasteiger partial charge in [-0.3, -0.25) is 14.0 Å². The molecular weight excluding hydrogens is 390 g/mol. The van der Waals surface area contributed by atoms with Crippen molar-refractivity contribution >= 4 is 33.9 Å². The summed E-state index contributed by atoms with van der Waals surface area (Å²) in [6, 6.07) is 6.74. The molecule has 3 heterocycles. The SMILES string of the molecule is Cc1cc(NC(=O)C(C)(C)C)sc1C(=O)OCc1cc(=O)n2cccc(C)c2n1. The third kappa shape index (κ3) is 4.54. The van der Waals surface area contributed by atoms with Crippen molar-refractivity contribution in [2.24, 2.45) is 5.41 Å². The number of nitrogens with zero attached hydrogens (tertiary/aromatic N) is 2. The van der Waals surface area contributed by atoms with Gasteiger partial charge in [-0.1, -0.05) is 26.8 Å². The highest BCUT2D eigenvalue weighted by atomic mass is 32.1. The van der Waals surface area contributed by atoms with E-state index in [1.807, 2.05) is 33.8 Å². The Bertz CT molecular complexity index is 1150. The lowest BCUT2D eigenvalue weighted by Crippen LogP contribution is -2.27. The van der Waals surface area contributed by atoms with Gasteiger partial charge < -0.3 is 10.1 Å². The molecule has 3 rings (SSSR count). The maximum Gasteiger partial charge on any atom is 0.349 e. The number of amides is 1. The van der Waals surface area contributed by atoms with Gasteiger partial charge in [-0.2, -0.15) is 0 Å². The molecule has 152 valence electrons. The molecule has 0 saturated carbocycles. The topological polar surface area (TPSA) is 89.8 Å². The molecule has 3 aromatic heterocycles. The minimum atomic E-state index is -0.535. The summed E-state index contributed by atoms with van der Waals surface area (Å²) >= 11 is 1.16. The number of esters is 1. The molecule has 0 bridgehead atoms. The van der Waals surface area contributed by atoms with E-state index in [2.05, 4.69) is 10.3 Å². The van der Waals surface area contributed by atoms with E-state index in [4.69, 9.17) is 4.74 Å². The molecule has 8 heteroatoms. The largest absolute Gasteiger partial charge is 0.455 e. The van der Waals surface area contributed by atoms with E-state index in [1.165, 1.54) is 10.5 Å². The third-order valence-corrected chi connectivity index (χ3v) is 5.44. The molecule has 7 nitrogen and oxygen atoms in total. The minimum absolute atomic E-state index is 0.111. The van der Waals surface area contributed by atoms with Crippen LogP contribution >= 0.6 is 11.3 Å². The lowest BCUT2D eigenvalue weighted by atomic mass is 9.96. The van der Waals surface area contributed by atoms with Crippen molar-refractivity contribution in [2.75, 3.05) is 5.32 Å². The van der Waals surface area contributed by atoms with Crippen LogP contribution in [0.3, 0.4) is 0 Å². The van der Waals surface area contributed by atoms with Crippen molar-refractivity contribution in [3.63, 3.8) is 0 Å². The van der Waals surface area contributed by atoms with Gasteiger partial charge in [0, 0.05) is 17.7 Å². The number of fused-ring (bicyclic) bond motifs is 1. The summed E-state index contributed by atoms with van der Waals surface area (Å²) in [6.07, 6.45) is 1.65. The first-order valence-corrected chi connectivity index (χ1v) is 9.95. The number of hydrogen-bond acceptors (Lipinski definition) is 6. The summed E-state index contributed by atoms with van der Waals surface area (Å²) in [6.45, 7) is 8.99. The zero-order valence-electron chi connectivity index (χ0n) is 17.0. The van der Waals surface area contributed by atoms with Crippen LogP contribution in [0.25, 0.3) is 5.65 Å². The van der Waals surface area contributed by atoms with Crippen LogP contribution in [0.15, 0.2) is 35.3 Å². The van der Waals surface area contributed by atoms with E-state index in [9.17, 15) is 14.4 Å². The summed E-state index contributed by atoms with van der Waals surface area (Å²) in [4.78, 5) is 41.7. The first-order chi connectivity index (χ1) is 13.6. The Balaban J connectivity index is 1.75. The molecule has 29 heavy (non-hydrogen) atoms. The highest BCUT2D eigenvalue weighted by molar-refractivity contribution is 7.18. The molecule has 0 unspecified atom stereocenters. The maximum absolute atomic E-state index is 12.5. The Morgan fingerprint density at radius 1 is 1.21 bits per heavy atom. The number of aryl methyl sites for hydroxylation is 2. The van der Waals surface area contributed by atoms with Gasteiger partial charge in [0.25, 0.3) is 5.56 Å². The van der Waals surface area contributed by atoms with Crippen LogP contribution in [-0.4, -0.2) is 21.3 Å². The highest BCUT2D eigenvalue weighted by Crippen LogP contribution is 2.29. The summed E-state index contributed by atoms with van der Waals surface area (Å²) < 4.78 is 6.83. The predicted molar refractivity (Wildman–Crippen MR) is 112 cm³/mol.